The molecule has 2 N–H and O–H groups in total. The highest BCUT2D eigenvalue weighted by Crippen LogP contribution is 2.20. The molecular weight excluding hydrogens is 311 g/mol. The first-order chi connectivity index (χ1) is 12.1. The smallest absolute Gasteiger partial charge is 0.127 e. The molecule has 0 radical (unpaired) electrons. The number of nitrogens with one attached hydrogen (secondary N) is 2. The van der Waals surface area contributed by atoms with Gasteiger partial charge in [0.25, 0.3) is 0 Å². The molecule has 0 saturated heterocycles. The van der Waals surface area contributed by atoms with E-state index in [2.05, 4.69) is 60.0 Å². The van der Waals surface area contributed by atoms with Crippen molar-refractivity contribution >= 4 is 10.8 Å². The molecule has 0 fully saturated rings. The van der Waals surface area contributed by atoms with Gasteiger partial charge in [0, 0.05) is 30.7 Å². The molecule has 25 heavy (non-hydrogen) atoms. The zero-order valence-corrected chi connectivity index (χ0v) is 14.8. The van der Waals surface area contributed by atoms with Gasteiger partial charge in [-0.3, -0.25) is 0 Å². The van der Waals surface area contributed by atoms with Crippen LogP contribution >= 0.6 is 0 Å². The van der Waals surface area contributed by atoms with Crippen LogP contribution in [0.4, 0.5) is 4.39 Å². The first kappa shape index (κ1) is 17.6. The maximum absolute atomic E-state index is 13.8. The summed E-state index contributed by atoms with van der Waals surface area (Å²) >= 11 is 0. The van der Waals surface area contributed by atoms with Crippen molar-refractivity contribution in [3.8, 4) is 0 Å². The Hall–Kier alpha value is -2.23. The van der Waals surface area contributed by atoms with Crippen LogP contribution in [0.2, 0.25) is 0 Å². The first-order valence-electron chi connectivity index (χ1n) is 8.85. The summed E-state index contributed by atoms with van der Waals surface area (Å²) < 4.78 is 13.8. The maximum Gasteiger partial charge on any atom is 0.127 e. The molecule has 0 aliphatic carbocycles. The van der Waals surface area contributed by atoms with Crippen LogP contribution in [0.5, 0.6) is 0 Å². The summed E-state index contributed by atoms with van der Waals surface area (Å²) in [6.45, 7) is 5.77. The second-order valence-corrected chi connectivity index (χ2v) is 6.48. The van der Waals surface area contributed by atoms with Gasteiger partial charge in [-0.25, -0.2) is 4.39 Å². The highest BCUT2D eigenvalue weighted by atomic mass is 19.1. The minimum atomic E-state index is -0.153. The molecule has 2 atom stereocenters. The predicted octanol–water partition coefficient (Wildman–Crippen LogP) is 4.98. The molecule has 3 rings (SSSR count). The number of fused-ring (bicyclic) bond motifs is 1. The lowest BCUT2D eigenvalue weighted by molar-refractivity contribution is 0.495. The van der Waals surface area contributed by atoms with E-state index < -0.39 is 0 Å². The molecule has 0 bridgehead atoms. The van der Waals surface area contributed by atoms with Crippen molar-refractivity contribution in [2.24, 2.45) is 0 Å². The second-order valence-electron chi connectivity index (χ2n) is 6.48. The van der Waals surface area contributed by atoms with Crippen molar-refractivity contribution in [2.45, 2.75) is 25.9 Å². The van der Waals surface area contributed by atoms with Crippen molar-refractivity contribution in [3.05, 3.63) is 83.7 Å². The van der Waals surface area contributed by atoms with Gasteiger partial charge in [0.15, 0.2) is 0 Å². The molecule has 3 heteroatoms. The Morgan fingerprint density at radius 3 is 2.16 bits per heavy atom. The monoisotopic (exact) mass is 336 g/mol. The van der Waals surface area contributed by atoms with Crippen molar-refractivity contribution in [2.75, 3.05) is 13.1 Å². The fourth-order valence-corrected chi connectivity index (χ4v) is 3.11. The maximum atomic E-state index is 13.8. The largest absolute Gasteiger partial charge is 0.309 e. The Labute approximate surface area is 149 Å². The molecule has 3 aromatic rings. The Bertz CT molecular complexity index is 831. The van der Waals surface area contributed by atoms with Gasteiger partial charge >= 0.3 is 0 Å². The van der Waals surface area contributed by atoms with E-state index in [9.17, 15) is 4.39 Å². The lowest BCUT2D eigenvalue weighted by atomic mass is 10.0. The topological polar surface area (TPSA) is 24.1 Å². The molecular formula is C22H25FN2. The van der Waals surface area contributed by atoms with E-state index in [-0.39, 0.29) is 17.9 Å². The van der Waals surface area contributed by atoms with Crippen LogP contribution < -0.4 is 10.6 Å². The molecule has 130 valence electrons. The Kier molecular flexibility index (Phi) is 5.79. The quantitative estimate of drug-likeness (QED) is 0.595. The molecule has 0 aliphatic heterocycles. The number of rotatable bonds is 7. The molecule has 0 saturated carbocycles. The van der Waals surface area contributed by atoms with E-state index in [0.29, 0.717) is 5.56 Å². The normalized spacial score (nSPS) is 13.7. The molecule has 2 nitrogen and oxygen atoms in total. The summed E-state index contributed by atoms with van der Waals surface area (Å²) in [6.07, 6.45) is 0. The minimum Gasteiger partial charge on any atom is -0.309 e. The molecule has 0 unspecified atom stereocenters. The van der Waals surface area contributed by atoms with Crippen LogP contribution in [0.3, 0.4) is 0 Å². The van der Waals surface area contributed by atoms with Crippen LogP contribution in [0.25, 0.3) is 10.8 Å². The third kappa shape index (κ3) is 4.44. The van der Waals surface area contributed by atoms with Crippen LogP contribution in [-0.2, 0) is 0 Å². The van der Waals surface area contributed by atoms with Gasteiger partial charge in [0.05, 0.1) is 0 Å². The molecule has 0 aromatic heterocycles. The second kappa shape index (κ2) is 8.24. The highest BCUT2D eigenvalue weighted by molar-refractivity contribution is 5.83. The summed E-state index contributed by atoms with van der Waals surface area (Å²) in [6, 6.07) is 22.2. The van der Waals surface area contributed by atoms with Crippen molar-refractivity contribution in [3.63, 3.8) is 0 Å². The van der Waals surface area contributed by atoms with Crippen LogP contribution in [0.15, 0.2) is 66.7 Å². The fraction of sp³-hybridized carbons (Fsp3) is 0.273. The first-order valence-corrected chi connectivity index (χ1v) is 8.85. The van der Waals surface area contributed by atoms with Gasteiger partial charge in [-0.05, 0) is 42.3 Å². The van der Waals surface area contributed by atoms with E-state index >= 15 is 0 Å². The number of hydrogen-bond donors (Lipinski definition) is 2. The zero-order chi connectivity index (χ0) is 17.6. The summed E-state index contributed by atoms with van der Waals surface area (Å²) in [5, 5.41) is 9.43. The van der Waals surface area contributed by atoms with Crippen molar-refractivity contribution in [1.29, 1.82) is 0 Å². The lowest BCUT2D eigenvalue weighted by Gasteiger charge is -2.18. The Morgan fingerprint density at radius 1 is 0.760 bits per heavy atom. The van der Waals surface area contributed by atoms with Crippen LogP contribution in [0.1, 0.15) is 37.1 Å². The average molecular weight is 336 g/mol. The van der Waals surface area contributed by atoms with Gasteiger partial charge in [0.2, 0.25) is 0 Å². The van der Waals surface area contributed by atoms with E-state index in [1.807, 2.05) is 19.1 Å². The lowest BCUT2D eigenvalue weighted by Crippen LogP contribution is -2.31. The number of benzene rings is 3. The van der Waals surface area contributed by atoms with Gasteiger partial charge in [-0.15, -0.1) is 0 Å². The van der Waals surface area contributed by atoms with Gasteiger partial charge in [-0.2, -0.15) is 0 Å². The SMILES string of the molecule is C[C@H](NCCN[C@@H](C)c1ccccc1F)c1ccc2ccccc2c1. The fourth-order valence-electron chi connectivity index (χ4n) is 3.11. The molecule has 0 heterocycles. The predicted molar refractivity (Wildman–Crippen MR) is 103 cm³/mol. The zero-order valence-electron chi connectivity index (χ0n) is 14.8. The molecule has 0 spiro atoms. The van der Waals surface area contributed by atoms with Gasteiger partial charge < -0.3 is 10.6 Å². The molecule has 0 amide bonds. The number of hydrogen-bond acceptors (Lipinski definition) is 2. The standard InChI is InChI=1S/C22H25FN2/c1-16(19-12-11-18-7-3-4-8-20(18)15-19)24-13-14-25-17(2)21-9-5-6-10-22(21)23/h3-12,15-17,24-25H,13-14H2,1-2H3/t16-,17-/m0/s1. The van der Waals surface area contributed by atoms with E-state index in [4.69, 9.17) is 0 Å². The van der Waals surface area contributed by atoms with Crippen LogP contribution in [-0.4, -0.2) is 13.1 Å². The summed E-state index contributed by atoms with van der Waals surface area (Å²) in [4.78, 5) is 0. The van der Waals surface area contributed by atoms with Gasteiger partial charge in [-0.1, -0.05) is 54.6 Å². The highest BCUT2D eigenvalue weighted by Gasteiger charge is 2.10. The minimum absolute atomic E-state index is 0.000949. The van der Waals surface area contributed by atoms with E-state index in [0.717, 1.165) is 13.1 Å². The van der Waals surface area contributed by atoms with Crippen molar-refractivity contribution < 1.29 is 4.39 Å². The summed E-state index contributed by atoms with van der Waals surface area (Å²) in [5.74, 6) is -0.153. The van der Waals surface area contributed by atoms with E-state index in [1.54, 1.807) is 6.07 Å². The van der Waals surface area contributed by atoms with Crippen molar-refractivity contribution in [1.82, 2.24) is 10.6 Å². The summed E-state index contributed by atoms with van der Waals surface area (Å²) in [5.41, 5.74) is 1.99. The third-order valence-electron chi connectivity index (χ3n) is 4.67. The van der Waals surface area contributed by atoms with Gasteiger partial charge in [0.1, 0.15) is 5.82 Å². The molecule has 0 aliphatic rings. The van der Waals surface area contributed by atoms with E-state index in [1.165, 1.54) is 22.4 Å². The third-order valence-corrected chi connectivity index (χ3v) is 4.67. The summed E-state index contributed by atoms with van der Waals surface area (Å²) in [7, 11) is 0. The Balaban J connectivity index is 1.50. The Morgan fingerprint density at radius 2 is 1.40 bits per heavy atom. The average Bonchev–Trinajstić information content (AvgIpc) is 2.64. The van der Waals surface area contributed by atoms with Crippen LogP contribution in [0, 0.1) is 5.82 Å². The molecule has 3 aromatic carbocycles. The number of halogens is 1.